The van der Waals surface area contributed by atoms with E-state index in [1.807, 2.05) is 36.4 Å². The van der Waals surface area contributed by atoms with Crippen LogP contribution in [0.15, 0.2) is 115 Å². The van der Waals surface area contributed by atoms with Crippen molar-refractivity contribution in [3.8, 4) is 11.5 Å². The number of Topliss-reactive ketones (excluding diaryl/α,β-unsaturated/α-hetero) is 1. The molecule has 5 rings (SSSR count). The number of ketones is 1. The van der Waals surface area contributed by atoms with Crippen molar-refractivity contribution in [2.24, 2.45) is 0 Å². The molecule has 1 unspecified atom stereocenters. The van der Waals surface area contributed by atoms with Crippen LogP contribution in [0.5, 0.6) is 11.5 Å². The second-order valence-corrected chi connectivity index (χ2v) is 8.28. The Morgan fingerprint density at radius 2 is 1.69 bits per heavy atom. The molecule has 2 heterocycles. The summed E-state index contributed by atoms with van der Waals surface area (Å²) in [5, 5.41) is 10.9. The van der Waals surface area contributed by atoms with Crippen molar-refractivity contribution in [1.82, 2.24) is 9.88 Å². The smallest absolute Gasteiger partial charge is 0.290 e. The van der Waals surface area contributed by atoms with Gasteiger partial charge in [-0.2, -0.15) is 0 Å². The lowest BCUT2D eigenvalue weighted by atomic mass is 9.92. The van der Waals surface area contributed by atoms with Crippen molar-refractivity contribution < 1.29 is 23.8 Å². The van der Waals surface area contributed by atoms with Crippen molar-refractivity contribution in [3.05, 3.63) is 137 Å². The van der Waals surface area contributed by atoms with Gasteiger partial charge in [0.15, 0.2) is 11.5 Å². The number of carbonyl (C=O) groups excluding carboxylic acids is 2. The third-order valence-corrected chi connectivity index (χ3v) is 5.88. The van der Waals surface area contributed by atoms with Crippen LogP contribution in [-0.4, -0.2) is 26.7 Å². The number of pyridine rings is 1. The van der Waals surface area contributed by atoms with Gasteiger partial charge in [0, 0.05) is 24.5 Å². The molecular weight excluding hydrogens is 459 g/mol. The van der Waals surface area contributed by atoms with Crippen LogP contribution >= 0.6 is 0 Å². The Hall–Kier alpha value is -4.78. The number of aliphatic hydroxyl groups is 1. The monoisotopic (exact) mass is 480 g/mol. The number of nitrogens with zero attached hydrogens (tertiary/aromatic N) is 2. The highest BCUT2D eigenvalue weighted by Crippen LogP contribution is 2.41. The van der Waals surface area contributed by atoms with Gasteiger partial charge in [0.2, 0.25) is 0 Å². The highest BCUT2D eigenvalue weighted by atomic mass is 19.1. The number of aromatic nitrogens is 1. The fourth-order valence-corrected chi connectivity index (χ4v) is 4.21. The molecule has 36 heavy (non-hydrogen) atoms. The van der Waals surface area contributed by atoms with Gasteiger partial charge in [-0.15, -0.1) is 0 Å². The topological polar surface area (TPSA) is 79.7 Å². The van der Waals surface area contributed by atoms with Gasteiger partial charge in [-0.05, 0) is 65.7 Å². The van der Waals surface area contributed by atoms with Crippen molar-refractivity contribution in [2.45, 2.75) is 12.6 Å². The molecule has 0 spiro atoms. The second kappa shape index (κ2) is 9.84. The number of carbonyl (C=O) groups is 2. The zero-order chi connectivity index (χ0) is 25.1. The molecule has 0 saturated heterocycles. The van der Waals surface area contributed by atoms with Gasteiger partial charge in [0.05, 0.1) is 11.6 Å². The maximum atomic E-state index is 13.5. The fraction of sp³-hybridized carbons (Fsp3) is 0.0690. The molecule has 0 saturated carbocycles. The summed E-state index contributed by atoms with van der Waals surface area (Å²) < 4.78 is 19.4. The summed E-state index contributed by atoms with van der Waals surface area (Å²) in [4.78, 5) is 32.3. The van der Waals surface area contributed by atoms with Crippen LogP contribution in [-0.2, 0) is 11.3 Å². The van der Waals surface area contributed by atoms with Crippen LogP contribution in [0.1, 0.15) is 27.5 Å². The number of halogens is 1. The lowest BCUT2D eigenvalue weighted by Crippen LogP contribution is -2.30. The Kier molecular flexibility index (Phi) is 6.28. The van der Waals surface area contributed by atoms with Crippen molar-refractivity contribution in [1.29, 1.82) is 0 Å². The van der Waals surface area contributed by atoms with E-state index in [2.05, 4.69) is 4.98 Å². The molecule has 1 aliphatic heterocycles. The summed E-state index contributed by atoms with van der Waals surface area (Å²) in [5.41, 5.74) is 1.40. The van der Waals surface area contributed by atoms with E-state index in [-0.39, 0.29) is 17.7 Å². The van der Waals surface area contributed by atoms with Gasteiger partial charge in [-0.1, -0.05) is 36.4 Å². The third-order valence-electron chi connectivity index (χ3n) is 5.88. The van der Waals surface area contributed by atoms with E-state index in [4.69, 9.17) is 4.74 Å². The first-order valence-corrected chi connectivity index (χ1v) is 11.3. The number of rotatable bonds is 7. The molecule has 0 fully saturated rings. The Morgan fingerprint density at radius 3 is 2.42 bits per heavy atom. The molecular formula is C29H21FN2O4. The van der Waals surface area contributed by atoms with Gasteiger partial charge in [0.1, 0.15) is 17.3 Å². The van der Waals surface area contributed by atoms with Crippen molar-refractivity contribution in [3.63, 3.8) is 0 Å². The number of amides is 1. The Morgan fingerprint density at radius 1 is 0.944 bits per heavy atom. The van der Waals surface area contributed by atoms with E-state index >= 15 is 0 Å². The van der Waals surface area contributed by atoms with E-state index < -0.39 is 29.3 Å². The molecule has 0 aliphatic carbocycles. The lowest BCUT2D eigenvalue weighted by molar-refractivity contribution is -0.130. The minimum Gasteiger partial charge on any atom is -0.503 e. The zero-order valence-electron chi connectivity index (χ0n) is 19.0. The van der Waals surface area contributed by atoms with Crippen LogP contribution in [0.2, 0.25) is 0 Å². The van der Waals surface area contributed by atoms with E-state index in [0.29, 0.717) is 17.1 Å². The molecule has 1 N–H and O–H groups in total. The lowest BCUT2D eigenvalue weighted by Gasteiger charge is -2.27. The second-order valence-electron chi connectivity index (χ2n) is 8.28. The molecule has 1 aliphatic rings. The minimum absolute atomic E-state index is 0.0765. The average Bonchev–Trinajstić information content (AvgIpc) is 3.15. The molecule has 1 atom stereocenters. The molecule has 1 amide bonds. The molecule has 6 nitrogen and oxygen atoms in total. The number of para-hydroxylation sites is 1. The fourth-order valence-electron chi connectivity index (χ4n) is 4.21. The quantitative estimate of drug-likeness (QED) is 0.339. The first-order chi connectivity index (χ1) is 17.5. The molecule has 1 aromatic heterocycles. The zero-order valence-corrected chi connectivity index (χ0v) is 19.0. The van der Waals surface area contributed by atoms with Crippen molar-refractivity contribution >= 4 is 11.7 Å². The van der Waals surface area contributed by atoms with Gasteiger partial charge < -0.3 is 14.7 Å². The van der Waals surface area contributed by atoms with Gasteiger partial charge in [-0.3, -0.25) is 14.6 Å². The molecule has 0 bridgehead atoms. The van der Waals surface area contributed by atoms with E-state index in [9.17, 15) is 19.1 Å². The van der Waals surface area contributed by atoms with E-state index in [0.717, 1.165) is 5.56 Å². The molecule has 178 valence electrons. The largest absolute Gasteiger partial charge is 0.503 e. The summed E-state index contributed by atoms with van der Waals surface area (Å²) in [6.45, 7) is 0.116. The summed E-state index contributed by atoms with van der Waals surface area (Å²) in [5.74, 6) is -1.23. The Balaban J connectivity index is 1.57. The Labute approximate surface area is 206 Å². The standard InChI is InChI=1S/C29H21FN2O4/c30-22-13-11-20(12-14-22)27(33)25-26(32(29(35)28(25)34)18-19-6-5-15-31-17-19)21-7-4-10-24(16-21)36-23-8-2-1-3-9-23/h1-17,26,34H,18H2. The molecule has 7 heteroatoms. The van der Waals surface area contributed by atoms with Crippen LogP contribution in [0, 0.1) is 5.82 Å². The van der Waals surface area contributed by atoms with E-state index in [1.165, 1.54) is 29.2 Å². The van der Waals surface area contributed by atoms with Crippen LogP contribution < -0.4 is 4.74 Å². The SMILES string of the molecule is O=C(C1=C(O)C(=O)N(Cc2cccnc2)C1c1cccc(Oc2ccccc2)c1)c1ccc(F)cc1. The minimum atomic E-state index is -0.894. The average molecular weight is 480 g/mol. The summed E-state index contributed by atoms with van der Waals surface area (Å²) in [6.07, 6.45) is 3.24. The number of ether oxygens (including phenoxy) is 1. The van der Waals surface area contributed by atoms with Crippen LogP contribution in [0.25, 0.3) is 0 Å². The normalized spacial score (nSPS) is 15.3. The maximum absolute atomic E-state index is 13.5. The number of aliphatic hydroxyl groups excluding tert-OH is 1. The Bertz CT molecular complexity index is 1440. The predicted octanol–water partition coefficient (Wildman–Crippen LogP) is 5.79. The highest BCUT2D eigenvalue weighted by molar-refractivity contribution is 6.16. The summed E-state index contributed by atoms with van der Waals surface area (Å²) >= 11 is 0. The van der Waals surface area contributed by atoms with Gasteiger partial charge in [0.25, 0.3) is 5.91 Å². The maximum Gasteiger partial charge on any atom is 0.290 e. The van der Waals surface area contributed by atoms with Gasteiger partial charge in [-0.25, -0.2) is 4.39 Å². The number of benzene rings is 3. The van der Waals surface area contributed by atoms with Crippen LogP contribution in [0.3, 0.4) is 0 Å². The summed E-state index contributed by atoms with van der Waals surface area (Å²) in [7, 11) is 0. The molecule has 4 aromatic rings. The predicted molar refractivity (Wildman–Crippen MR) is 131 cm³/mol. The number of hydrogen-bond acceptors (Lipinski definition) is 5. The first-order valence-electron chi connectivity index (χ1n) is 11.3. The third kappa shape index (κ3) is 4.59. The first kappa shape index (κ1) is 23.0. The number of hydrogen-bond donors (Lipinski definition) is 1. The van der Waals surface area contributed by atoms with Crippen LogP contribution in [0.4, 0.5) is 4.39 Å². The van der Waals surface area contributed by atoms with Crippen molar-refractivity contribution in [2.75, 3.05) is 0 Å². The highest BCUT2D eigenvalue weighted by Gasteiger charge is 2.43. The molecule has 3 aromatic carbocycles. The summed E-state index contributed by atoms with van der Waals surface area (Å²) in [6, 6.07) is 23.9. The molecule has 0 radical (unpaired) electrons. The van der Waals surface area contributed by atoms with Gasteiger partial charge >= 0.3 is 0 Å². The van der Waals surface area contributed by atoms with E-state index in [1.54, 1.807) is 42.7 Å².